The maximum absolute atomic E-state index is 12.7. The van der Waals surface area contributed by atoms with E-state index in [1.165, 1.54) is 6.92 Å². The molecule has 2 heterocycles. The topological polar surface area (TPSA) is 82.5 Å². The highest BCUT2D eigenvalue weighted by Crippen LogP contribution is 2.26. The molecule has 1 aromatic heterocycles. The number of aliphatic hydroxyl groups excluding tert-OH is 1. The molecule has 6 nitrogen and oxygen atoms in total. The predicted molar refractivity (Wildman–Crippen MR) is 97.1 cm³/mol. The van der Waals surface area contributed by atoms with Crippen molar-refractivity contribution in [1.29, 1.82) is 0 Å². The van der Waals surface area contributed by atoms with E-state index in [0.717, 1.165) is 16.8 Å². The van der Waals surface area contributed by atoms with Crippen molar-refractivity contribution in [3.8, 4) is 0 Å². The summed E-state index contributed by atoms with van der Waals surface area (Å²) in [5.74, 6) is -0.717. The van der Waals surface area contributed by atoms with Crippen LogP contribution < -0.4 is 5.32 Å². The Balaban J connectivity index is 1.62. The zero-order chi connectivity index (χ0) is 18.5. The van der Waals surface area contributed by atoms with E-state index in [-0.39, 0.29) is 11.8 Å². The highest BCUT2D eigenvalue weighted by atomic mass is 16.3. The fraction of sp³-hybridized carbons (Fsp3) is 0.350. The number of hydrogen-bond acceptors (Lipinski definition) is 4. The van der Waals surface area contributed by atoms with Gasteiger partial charge in [-0.05, 0) is 23.6 Å². The lowest BCUT2D eigenvalue weighted by Gasteiger charge is -2.32. The van der Waals surface area contributed by atoms with Gasteiger partial charge in [0.2, 0.25) is 11.8 Å². The van der Waals surface area contributed by atoms with Gasteiger partial charge in [-0.2, -0.15) is 0 Å². The van der Waals surface area contributed by atoms with Gasteiger partial charge in [-0.15, -0.1) is 0 Å². The molecule has 0 saturated carbocycles. The third-order valence-corrected chi connectivity index (χ3v) is 4.68. The quantitative estimate of drug-likeness (QED) is 0.858. The van der Waals surface area contributed by atoms with Crippen LogP contribution in [-0.4, -0.2) is 39.9 Å². The number of fused-ring (bicyclic) bond motifs is 1. The summed E-state index contributed by atoms with van der Waals surface area (Å²) in [5.41, 5.74) is 2.46. The Hall–Kier alpha value is -2.73. The second kappa shape index (κ2) is 8.10. The number of rotatable bonds is 5. The fourth-order valence-corrected chi connectivity index (χ4v) is 3.22. The molecule has 2 aromatic rings. The number of aliphatic hydroxyl groups is 1. The summed E-state index contributed by atoms with van der Waals surface area (Å²) in [5, 5.41) is 13.1. The number of benzene rings is 1. The third kappa shape index (κ3) is 4.08. The van der Waals surface area contributed by atoms with E-state index in [0.29, 0.717) is 26.1 Å². The van der Waals surface area contributed by atoms with Gasteiger partial charge in [-0.3, -0.25) is 14.6 Å². The van der Waals surface area contributed by atoms with Gasteiger partial charge in [0.15, 0.2) is 0 Å². The molecule has 2 atom stereocenters. The molecule has 3 rings (SSSR count). The van der Waals surface area contributed by atoms with Crippen molar-refractivity contribution in [3.63, 3.8) is 0 Å². The largest absolute Gasteiger partial charge is 0.388 e. The van der Waals surface area contributed by atoms with Crippen LogP contribution >= 0.6 is 0 Å². The number of amides is 2. The predicted octanol–water partition coefficient (Wildman–Crippen LogP) is 1.77. The lowest BCUT2D eigenvalue weighted by atomic mass is 9.93. The highest BCUT2D eigenvalue weighted by molar-refractivity contribution is 5.85. The number of carbonyl (C=O) groups excluding carboxylic acids is 2. The van der Waals surface area contributed by atoms with E-state index in [9.17, 15) is 14.7 Å². The van der Waals surface area contributed by atoms with Crippen LogP contribution in [0.3, 0.4) is 0 Å². The summed E-state index contributed by atoms with van der Waals surface area (Å²) in [7, 11) is 0. The lowest BCUT2D eigenvalue weighted by Crippen LogP contribution is -2.43. The highest BCUT2D eigenvalue weighted by Gasteiger charge is 2.32. The minimum atomic E-state index is -0.623. The van der Waals surface area contributed by atoms with Gasteiger partial charge in [-0.25, -0.2) is 0 Å². The molecule has 0 bridgehead atoms. The van der Waals surface area contributed by atoms with E-state index >= 15 is 0 Å². The van der Waals surface area contributed by atoms with Crippen LogP contribution in [0.1, 0.15) is 42.2 Å². The molecule has 1 aromatic carbocycles. The normalized spacial score (nSPS) is 17.3. The lowest BCUT2D eigenvalue weighted by molar-refractivity contribution is -0.131. The zero-order valence-corrected chi connectivity index (χ0v) is 14.8. The first-order valence-corrected chi connectivity index (χ1v) is 8.76. The van der Waals surface area contributed by atoms with Gasteiger partial charge in [-0.1, -0.05) is 36.4 Å². The van der Waals surface area contributed by atoms with Crippen molar-refractivity contribution < 1.29 is 14.7 Å². The Kier molecular flexibility index (Phi) is 5.63. The van der Waals surface area contributed by atoms with E-state index in [4.69, 9.17) is 0 Å². The maximum Gasteiger partial charge on any atom is 0.230 e. The summed E-state index contributed by atoms with van der Waals surface area (Å²) in [6.07, 6.45) is 1.47. The Labute approximate surface area is 152 Å². The van der Waals surface area contributed by atoms with Crippen molar-refractivity contribution in [1.82, 2.24) is 15.2 Å². The summed E-state index contributed by atoms with van der Waals surface area (Å²) < 4.78 is 0. The van der Waals surface area contributed by atoms with Gasteiger partial charge >= 0.3 is 0 Å². The SMILES string of the molecule is CC(=O)N1Cc2cccnc2C(C(=O)NCCC(O)c2ccccc2)C1. The minimum absolute atomic E-state index is 0.0585. The van der Waals surface area contributed by atoms with E-state index < -0.39 is 12.0 Å². The Morgan fingerprint density at radius 2 is 2.04 bits per heavy atom. The molecule has 2 N–H and O–H groups in total. The molecule has 26 heavy (non-hydrogen) atoms. The molecule has 2 unspecified atom stereocenters. The second-order valence-electron chi connectivity index (χ2n) is 6.51. The molecule has 1 aliphatic heterocycles. The molecule has 0 aliphatic carbocycles. The molecule has 2 amide bonds. The molecular formula is C20H23N3O3. The average Bonchev–Trinajstić information content (AvgIpc) is 2.67. The Morgan fingerprint density at radius 3 is 2.77 bits per heavy atom. The minimum Gasteiger partial charge on any atom is -0.388 e. The van der Waals surface area contributed by atoms with Crippen LogP contribution in [0.15, 0.2) is 48.7 Å². The smallest absolute Gasteiger partial charge is 0.230 e. The molecule has 6 heteroatoms. The van der Waals surface area contributed by atoms with E-state index in [1.54, 1.807) is 11.1 Å². The Bertz CT molecular complexity index is 779. The molecule has 0 fully saturated rings. The van der Waals surface area contributed by atoms with Crippen molar-refractivity contribution in [2.24, 2.45) is 0 Å². The third-order valence-electron chi connectivity index (χ3n) is 4.68. The summed E-state index contributed by atoms with van der Waals surface area (Å²) in [6.45, 7) is 2.67. The van der Waals surface area contributed by atoms with E-state index in [1.807, 2.05) is 42.5 Å². The van der Waals surface area contributed by atoms with Crippen molar-refractivity contribution in [3.05, 3.63) is 65.5 Å². The molecule has 0 spiro atoms. The molecule has 136 valence electrons. The van der Waals surface area contributed by atoms with Gasteiger partial charge in [0.25, 0.3) is 0 Å². The zero-order valence-electron chi connectivity index (χ0n) is 14.8. The van der Waals surface area contributed by atoms with Gasteiger partial charge in [0.1, 0.15) is 0 Å². The number of nitrogens with one attached hydrogen (secondary N) is 1. The van der Waals surface area contributed by atoms with Crippen LogP contribution in [-0.2, 0) is 16.1 Å². The first-order chi connectivity index (χ1) is 12.6. The van der Waals surface area contributed by atoms with Crippen molar-refractivity contribution in [2.45, 2.75) is 31.9 Å². The maximum atomic E-state index is 12.7. The summed E-state index contributed by atoms with van der Waals surface area (Å²) in [6, 6.07) is 13.1. The number of aromatic nitrogens is 1. The van der Waals surface area contributed by atoms with Crippen molar-refractivity contribution >= 4 is 11.8 Å². The first-order valence-electron chi connectivity index (χ1n) is 8.76. The average molecular weight is 353 g/mol. The molecule has 1 aliphatic rings. The first kappa shape index (κ1) is 18.1. The summed E-state index contributed by atoms with van der Waals surface area (Å²) >= 11 is 0. The molecular weight excluding hydrogens is 330 g/mol. The standard InChI is InChI=1S/C20H23N3O3/c1-14(24)23-12-16-8-5-10-21-19(16)17(13-23)20(26)22-11-9-18(25)15-6-3-2-4-7-15/h2-8,10,17-18,25H,9,11-13H2,1H3,(H,22,26). The van der Waals surface area contributed by atoms with Crippen LogP contribution in [0.4, 0.5) is 0 Å². The van der Waals surface area contributed by atoms with Crippen LogP contribution in [0.25, 0.3) is 0 Å². The summed E-state index contributed by atoms with van der Waals surface area (Å²) in [4.78, 5) is 30.5. The van der Waals surface area contributed by atoms with E-state index in [2.05, 4.69) is 10.3 Å². The number of pyridine rings is 1. The number of hydrogen-bond donors (Lipinski definition) is 2. The monoisotopic (exact) mass is 353 g/mol. The van der Waals surface area contributed by atoms with Gasteiger partial charge in [0.05, 0.1) is 17.7 Å². The fourth-order valence-electron chi connectivity index (χ4n) is 3.22. The molecule has 0 saturated heterocycles. The molecule has 0 radical (unpaired) electrons. The number of carbonyl (C=O) groups is 2. The van der Waals surface area contributed by atoms with Crippen LogP contribution in [0, 0.1) is 0 Å². The van der Waals surface area contributed by atoms with Gasteiger partial charge < -0.3 is 15.3 Å². The van der Waals surface area contributed by atoms with Crippen molar-refractivity contribution in [2.75, 3.05) is 13.1 Å². The Morgan fingerprint density at radius 1 is 1.27 bits per heavy atom. The number of nitrogens with zero attached hydrogens (tertiary/aromatic N) is 2. The van der Waals surface area contributed by atoms with Crippen LogP contribution in [0.2, 0.25) is 0 Å². The van der Waals surface area contributed by atoms with Crippen LogP contribution in [0.5, 0.6) is 0 Å². The second-order valence-corrected chi connectivity index (χ2v) is 6.51. The van der Waals surface area contributed by atoms with Gasteiger partial charge in [0, 0.05) is 32.8 Å².